The quantitative estimate of drug-likeness (QED) is 0.614. The van der Waals surface area contributed by atoms with Gasteiger partial charge in [-0.15, -0.1) is 5.10 Å². The zero-order valence-electron chi connectivity index (χ0n) is 7.70. The molecule has 5 nitrogen and oxygen atoms in total. The van der Waals surface area contributed by atoms with Gasteiger partial charge in [0.15, 0.2) is 5.17 Å². The van der Waals surface area contributed by atoms with Crippen LogP contribution in [0.25, 0.3) is 0 Å². The molecular formula is C7H11N3O2S. The zero-order valence-corrected chi connectivity index (χ0v) is 8.51. The van der Waals surface area contributed by atoms with Gasteiger partial charge in [0.1, 0.15) is 5.37 Å². The first-order valence-electron chi connectivity index (χ1n) is 3.83. The average Bonchev–Trinajstić information content (AvgIpc) is 2.29. The van der Waals surface area contributed by atoms with Crippen LogP contribution in [0.3, 0.4) is 0 Å². The Morgan fingerprint density at radius 1 is 1.54 bits per heavy atom. The molecule has 6 heteroatoms. The molecule has 0 aromatic rings. The lowest BCUT2D eigenvalue weighted by atomic mass is 10.6. The molecule has 0 aliphatic carbocycles. The van der Waals surface area contributed by atoms with Gasteiger partial charge in [0, 0.05) is 13.8 Å². The van der Waals surface area contributed by atoms with Crippen LogP contribution in [-0.4, -0.2) is 27.4 Å². The number of nitrogens with one attached hydrogen (secondary N) is 1. The number of nitrogens with zero attached hydrogens (tertiary/aromatic N) is 2. The molecule has 0 bridgehead atoms. The Hall–Kier alpha value is -1.04. The first kappa shape index (κ1) is 10.0. The van der Waals surface area contributed by atoms with Gasteiger partial charge < -0.3 is 5.32 Å². The lowest BCUT2D eigenvalue weighted by Crippen LogP contribution is -2.26. The fourth-order valence-electron chi connectivity index (χ4n) is 0.946. The van der Waals surface area contributed by atoms with Crippen LogP contribution in [0, 0.1) is 0 Å². The third-order valence-electron chi connectivity index (χ3n) is 1.43. The van der Waals surface area contributed by atoms with Gasteiger partial charge in [0.25, 0.3) is 0 Å². The van der Waals surface area contributed by atoms with Crippen LogP contribution >= 0.6 is 11.8 Å². The van der Waals surface area contributed by atoms with Gasteiger partial charge in [-0.05, 0) is 6.92 Å². The molecule has 0 saturated heterocycles. The first-order valence-corrected chi connectivity index (χ1v) is 4.71. The summed E-state index contributed by atoms with van der Waals surface area (Å²) >= 11 is 1.35. The molecular weight excluding hydrogens is 190 g/mol. The van der Waals surface area contributed by atoms with Crippen molar-refractivity contribution in [3.63, 3.8) is 0 Å². The Morgan fingerprint density at radius 3 is 2.54 bits per heavy atom. The smallest absolute Gasteiger partial charge is 0.240 e. The molecule has 0 fully saturated rings. The fraction of sp³-hybridized carbons (Fsp3) is 0.571. The molecule has 0 saturated carbocycles. The highest BCUT2D eigenvalue weighted by atomic mass is 32.2. The van der Waals surface area contributed by atoms with Crippen molar-refractivity contribution in [3.8, 4) is 0 Å². The number of thioether (sulfide) groups is 1. The summed E-state index contributed by atoms with van der Waals surface area (Å²) in [6.45, 7) is 4.70. The highest BCUT2D eigenvalue weighted by molar-refractivity contribution is 8.14. The zero-order chi connectivity index (χ0) is 10.0. The van der Waals surface area contributed by atoms with Gasteiger partial charge in [-0.2, -0.15) is 0 Å². The molecule has 1 rings (SSSR count). The van der Waals surface area contributed by atoms with E-state index in [2.05, 4.69) is 10.4 Å². The van der Waals surface area contributed by atoms with Crippen LogP contribution in [0.15, 0.2) is 5.10 Å². The summed E-state index contributed by atoms with van der Waals surface area (Å²) in [5, 5.41) is 8.26. The number of rotatable bonds is 0. The van der Waals surface area contributed by atoms with E-state index in [0.29, 0.717) is 5.17 Å². The van der Waals surface area contributed by atoms with E-state index in [1.807, 2.05) is 6.92 Å². The summed E-state index contributed by atoms with van der Waals surface area (Å²) in [6.07, 6.45) is 0. The van der Waals surface area contributed by atoms with E-state index in [4.69, 9.17) is 0 Å². The maximum atomic E-state index is 11.0. The van der Waals surface area contributed by atoms with E-state index in [-0.39, 0.29) is 17.2 Å². The van der Waals surface area contributed by atoms with Gasteiger partial charge in [0.05, 0.1) is 0 Å². The summed E-state index contributed by atoms with van der Waals surface area (Å²) in [5.41, 5.74) is 0. The molecule has 0 aromatic heterocycles. The number of carbonyl (C=O) groups is 2. The second-order valence-corrected chi connectivity index (χ2v) is 3.97. The largest absolute Gasteiger partial charge is 0.304 e. The molecule has 1 aliphatic rings. The van der Waals surface area contributed by atoms with Crippen molar-refractivity contribution in [1.82, 2.24) is 10.3 Å². The molecule has 1 heterocycles. The van der Waals surface area contributed by atoms with Crippen LogP contribution < -0.4 is 5.32 Å². The van der Waals surface area contributed by atoms with Crippen molar-refractivity contribution in [2.24, 2.45) is 5.10 Å². The molecule has 1 N–H and O–H groups in total. The molecule has 1 aliphatic heterocycles. The minimum absolute atomic E-state index is 0.0423. The van der Waals surface area contributed by atoms with E-state index < -0.39 is 0 Å². The number of carbonyl (C=O) groups excluding carboxylic acids is 2. The Morgan fingerprint density at radius 2 is 2.15 bits per heavy atom. The predicted molar refractivity (Wildman–Crippen MR) is 50.8 cm³/mol. The van der Waals surface area contributed by atoms with Crippen LogP contribution in [-0.2, 0) is 9.59 Å². The SMILES string of the molecule is CC(=O)NC1=NN(C(C)=O)C(C)S1. The van der Waals surface area contributed by atoms with E-state index in [9.17, 15) is 9.59 Å². The minimum atomic E-state index is -0.177. The van der Waals surface area contributed by atoms with Gasteiger partial charge in [-0.1, -0.05) is 11.8 Å². The lowest BCUT2D eigenvalue weighted by Gasteiger charge is -2.12. The molecule has 0 aromatic carbocycles. The molecule has 13 heavy (non-hydrogen) atoms. The molecule has 2 amide bonds. The third-order valence-corrected chi connectivity index (χ3v) is 2.38. The maximum absolute atomic E-state index is 11.0. The van der Waals surface area contributed by atoms with E-state index >= 15 is 0 Å². The highest BCUT2D eigenvalue weighted by Gasteiger charge is 2.26. The monoisotopic (exact) mass is 201 g/mol. The normalized spacial score (nSPS) is 21.3. The molecule has 0 radical (unpaired) electrons. The summed E-state index contributed by atoms with van der Waals surface area (Å²) in [4.78, 5) is 21.7. The third kappa shape index (κ3) is 2.45. The Balaban J connectivity index is 2.66. The van der Waals surface area contributed by atoms with Gasteiger partial charge in [0.2, 0.25) is 11.8 Å². The lowest BCUT2D eigenvalue weighted by molar-refractivity contribution is -0.129. The van der Waals surface area contributed by atoms with Gasteiger partial charge in [-0.25, -0.2) is 5.01 Å². The standard InChI is InChI=1S/C7H11N3O2S/c1-4(11)8-7-9-10(5(2)12)6(3)13-7/h6H,1-3H3,(H,8,9,11). The summed E-state index contributed by atoms with van der Waals surface area (Å²) < 4.78 is 0. The van der Waals surface area contributed by atoms with Crippen LogP contribution in [0.1, 0.15) is 20.8 Å². The van der Waals surface area contributed by atoms with E-state index in [0.717, 1.165) is 0 Å². The highest BCUT2D eigenvalue weighted by Crippen LogP contribution is 2.23. The Labute approximate surface area is 80.5 Å². The van der Waals surface area contributed by atoms with Crippen molar-refractivity contribution < 1.29 is 9.59 Å². The number of hydrogen-bond acceptors (Lipinski definition) is 4. The van der Waals surface area contributed by atoms with Gasteiger partial charge in [-0.3, -0.25) is 9.59 Å². The van der Waals surface area contributed by atoms with Crippen LogP contribution in [0.4, 0.5) is 0 Å². The second-order valence-electron chi connectivity index (χ2n) is 2.67. The van der Waals surface area contributed by atoms with Crippen molar-refractivity contribution in [2.45, 2.75) is 26.1 Å². The molecule has 72 valence electrons. The van der Waals surface area contributed by atoms with E-state index in [1.54, 1.807) is 0 Å². The minimum Gasteiger partial charge on any atom is -0.304 e. The Bertz CT molecular complexity index is 277. The number of amidine groups is 1. The summed E-state index contributed by atoms with van der Waals surface area (Å²) in [5.74, 6) is -0.302. The molecule has 0 spiro atoms. The van der Waals surface area contributed by atoms with Crippen molar-refractivity contribution in [2.75, 3.05) is 0 Å². The molecule has 1 unspecified atom stereocenters. The summed E-state index contributed by atoms with van der Waals surface area (Å²) in [6, 6.07) is 0. The van der Waals surface area contributed by atoms with Crippen molar-refractivity contribution >= 4 is 28.7 Å². The predicted octanol–water partition coefficient (Wildman–Crippen LogP) is 0.335. The fourth-order valence-corrected chi connectivity index (χ4v) is 1.90. The number of hydrazone groups is 1. The topological polar surface area (TPSA) is 61.8 Å². The second kappa shape index (κ2) is 3.78. The van der Waals surface area contributed by atoms with Crippen molar-refractivity contribution in [1.29, 1.82) is 0 Å². The maximum Gasteiger partial charge on any atom is 0.240 e. The van der Waals surface area contributed by atoms with Crippen LogP contribution in [0.2, 0.25) is 0 Å². The first-order chi connectivity index (χ1) is 6.00. The van der Waals surface area contributed by atoms with Crippen molar-refractivity contribution in [3.05, 3.63) is 0 Å². The Kier molecular flexibility index (Phi) is 2.92. The summed E-state index contributed by atoms with van der Waals surface area (Å²) in [7, 11) is 0. The van der Waals surface area contributed by atoms with E-state index in [1.165, 1.54) is 30.6 Å². The number of amides is 2. The van der Waals surface area contributed by atoms with Crippen LogP contribution in [0.5, 0.6) is 0 Å². The number of hydrogen-bond donors (Lipinski definition) is 1. The average molecular weight is 201 g/mol. The molecule has 1 atom stereocenters. The van der Waals surface area contributed by atoms with Gasteiger partial charge >= 0.3 is 0 Å².